The molecule has 4 aliphatic carbocycles. The monoisotopic (exact) mass is 739 g/mol. The lowest BCUT2D eigenvalue weighted by Gasteiger charge is -2.48. The van der Waals surface area contributed by atoms with E-state index in [1.54, 1.807) is 0 Å². The van der Waals surface area contributed by atoms with E-state index in [9.17, 15) is 32.3 Å². The maximum Gasteiger partial charge on any atom is 0.471 e. The van der Waals surface area contributed by atoms with Crippen molar-refractivity contribution in [1.29, 1.82) is 0 Å². The number of fused-ring (bicyclic) bond motifs is 6. The molecule has 288 valence electrons. The summed E-state index contributed by atoms with van der Waals surface area (Å²) < 4.78 is 53.8. The second-order valence-electron chi connectivity index (χ2n) is 16.7. The minimum atomic E-state index is -4.96. The van der Waals surface area contributed by atoms with Gasteiger partial charge < -0.3 is 25.0 Å². The predicted octanol–water partition coefficient (Wildman–Crippen LogP) is 6.47. The molecule has 12 heteroatoms. The zero-order valence-corrected chi connectivity index (χ0v) is 31.1. The van der Waals surface area contributed by atoms with E-state index < -0.39 is 41.8 Å². The van der Waals surface area contributed by atoms with Crippen LogP contribution < -0.4 is 10.6 Å². The van der Waals surface area contributed by atoms with E-state index in [2.05, 4.69) is 23.6 Å². The van der Waals surface area contributed by atoms with Crippen LogP contribution in [0.4, 0.5) is 18.0 Å². The number of amides is 3. The van der Waals surface area contributed by atoms with Gasteiger partial charge in [-0.2, -0.15) is 13.2 Å². The number of Topliss-reactive ketones (excluding diaryl/α,β-unsaturated/α-hetero) is 1. The number of aryl methyl sites for hydroxylation is 1. The van der Waals surface area contributed by atoms with Crippen LogP contribution in [0, 0.1) is 35.0 Å². The number of ketones is 1. The zero-order chi connectivity index (χ0) is 37.9. The van der Waals surface area contributed by atoms with E-state index in [4.69, 9.17) is 9.47 Å². The molecule has 6 aliphatic rings. The molecule has 1 aromatic rings. The Morgan fingerprint density at radius 3 is 2.53 bits per heavy atom. The Labute approximate surface area is 309 Å². The third-order valence-corrected chi connectivity index (χ3v) is 13.7. The number of rotatable bonds is 7. The van der Waals surface area contributed by atoms with Crippen LogP contribution >= 0.6 is 0 Å². The number of ether oxygens (including phenoxy) is 2. The van der Waals surface area contributed by atoms with Crippen molar-refractivity contribution in [3.8, 4) is 0 Å². The molecular formula is C41H52F3N3O6. The highest BCUT2D eigenvalue weighted by Crippen LogP contribution is 2.64. The fourth-order valence-corrected chi connectivity index (χ4v) is 11.2. The maximum absolute atomic E-state index is 14.6. The number of alkyl carbamates (subject to hydrolysis) is 1. The largest absolute Gasteiger partial charge is 0.471 e. The standard InChI is InChI=1S/C41H52F3N3O6/c1-23-20-31-35(47(22-23)37(50)41(42,43)44)25(3)40(53-31)17-15-29-30-12-11-27-21-28(14-16-39(27,4)34(30)36(49)33(29)24(40)2)52-38(51)46-19-18-45-32(48)13-10-26-8-6-5-7-9-26/h5-9,11,23,25,28-31,34-35H,10,12-22H2,1-4H3,(H,45,48)(H,46,51)/t23-,25+,28-,29-,30-,31+,34+,35-,39-,40-/m0/s1. The van der Waals surface area contributed by atoms with Gasteiger partial charge >= 0.3 is 18.2 Å². The predicted molar refractivity (Wildman–Crippen MR) is 190 cm³/mol. The summed E-state index contributed by atoms with van der Waals surface area (Å²) in [7, 11) is 0. The van der Waals surface area contributed by atoms with Crippen LogP contribution in [0.25, 0.3) is 0 Å². The average Bonchev–Trinajstić information content (AvgIpc) is 3.57. The SMILES string of the molecule is CC1=C2C(=O)[C@H]3[C@@H](CC=C4C[C@@H](OC(=O)NCCNC(=O)CCc5ccccc5)CC[C@@]43C)[C@@H]2CC[C@]12O[C@@H]1C[C@H](C)CN(C(=O)C(F)(F)F)[C@H]1[C@H]2C. The molecule has 3 amide bonds. The van der Waals surface area contributed by atoms with E-state index in [0.29, 0.717) is 57.9 Å². The van der Waals surface area contributed by atoms with Gasteiger partial charge in [-0.3, -0.25) is 14.4 Å². The van der Waals surface area contributed by atoms with Crippen molar-refractivity contribution in [3.63, 3.8) is 0 Å². The summed E-state index contributed by atoms with van der Waals surface area (Å²) in [6, 6.07) is 9.08. The smallest absolute Gasteiger partial charge is 0.446 e. The second kappa shape index (κ2) is 14.2. The van der Waals surface area contributed by atoms with Gasteiger partial charge in [-0.1, -0.05) is 62.8 Å². The summed E-state index contributed by atoms with van der Waals surface area (Å²) in [5.74, 6) is -2.35. The van der Waals surface area contributed by atoms with Gasteiger partial charge in [0.15, 0.2) is 5.78 Å². The number of carbonyl (C=O) groups is 4. The van der Waals surface area contributed by atoms with Crippen molar-refractivity contribution in [2.45, 2.75) is 116 Å². The van der Waals surface area contributed by atoms with Crippen molar-refractivity contribution in [2.75, 3.05) is 19.6 Å². The van der Waals surface area contributed by atoms with Crippen LogP contribution in [0.15, 0.2) is 53.1 Å². The lowest BCUT2D eigenvalue weighted by molar-refractivity contribution is -0.192. The Balaban J connectivity index is 0.976. The number of hydrogen-bond acceptors (Lipinski definition) is 6. The van der Waals surface area contributed by atoms with Gasteiger partial charge in [-0.15, -0.1) is 0 Å². The molecule has 2 aliphatic heterocycles. The number of alkyl halides is 3. The molecule has 9 nitrogen and oxygen atoms in total. The van der Waals surface area contributed by atoms with Crippen molar-refractivity contribution >= 4 is 23.7 Å². The number of hydrogen-bond donors (Lipinski definition) is 2. The van der Waals surface area contributed by atoms with Gasteiger partial charge in [0.2, 0.25) is 5.91 Å². The fraction of sp³-hybridized carbons (Fsp3) is 0.659. The van der Waals surface area contributed by atoms with Gasteiger partial charge in [0.25, 0.3) is 0 Å². The summed E-state index contributed by atoms with van der Waals surface area (Å²) in [5, 5.41) is 5.57. The molecule has 1 aromatic carbocycles. The highest BCUT2D eigenvalue weighted by molar-refractivity contribution is 6.02. The Morgan fingerprint density at radius 2 is 1.79 bits per heavy atom. The van der Waals surface area contributed by atoms with Gasteiger partial charge in [0.1, 0.15) is 6.10 Å². The van der Waals surface area contributed by atoms with E-state index >= 15 is 0 Å². The van der Waals surface area contributed by atoms with Crippen molar-refractivity contribution in [3.05, 3.63) is 58.7 Å². The minimum absolute atomic E-state index is 0.0393. The molecule has 0 unspecified atom stereocenters. The van der Waals surface area contributed by atoms with Crippen LogP contribution in [-0.4, -0.2) is 78.3 Å². The van der Waals surface area contributed by atoms with Gasteiger partial charge in [-0.05, 0) is 86.2 Å². The normalized spacial score (nSPS) is 36.2. The van der Waals surface area contributed by atoms with Crippen LogP contribution in [-0.2, 0) is 30.3 Å². The molecule has 2 heterocycles. The summed E-state index contributed by atoms with van der Waals surface area (Å²) in [6.45, 7) is 8.45. The Hall–Kier alpha value is -3.67. The molecule has 4 fully saturated rings. The van der Waals surface area contributed by atoms with E-state index in [0.717, 1.165) is 33.6 Å². The molecular weight excluding hydrogens is 687 g/mol. The molecule has 2 saturated heterocycles. The number of likely N-dealkylation sites (tertiary alicyclic amines) is 1. The van der Waals surface area contributed by atoms with Crippen molar-refractivity contribution in [1.82, 2.24) is 15.5 Å². The summed E-state index contributed by atoms with van der Waals surface area (Å²) >= 11 is 0. The van der Waals surface area contributed by atoms with Crippen LogP contribution in [0.3, 0.4) is 0 Å². The second-order valence-corrected chi connectivity index (χ2v) is 16.7. The topological polar surface area (TPSA) is 114 Å². The van der Waals surface area contributed by atoms with E-state index in [1.807, 2.05) is 51.1 Å². The van der Waals surface area contributed by atoms with Gasteiger partial charge in [0.05, 0.1) is 17.7 Å². The summed E-state index contributed by atoms with van der Waals surface area (Å²) in [6.07, 6.45) is 1.42. The maximum atomic E-state index is 14.6. The Kier molecular flexibility index (Phi) is 10.1. The first-order chi connectivity index (χ1) is 25.1. The number of halogens is 3. The third kappa shape index (κ3) is 6.71. The number of benzene rings is 1. The molecule has 53 heavy (non-hydrogen) atoms. The Morgan fingerprint density at radius 1 is 1.06 bits per heavy atom. The van der Waals surface area contributed by atoms with Crippen molar-refractivity contribution < 1.29 is 41.8 Å². The number of carbonyl (C=O) groups excluding carboxylic acids is 4. The number of nitrogens with one attached hydrogen (secondary N) is 2. The number of allylic oxidation sites excluding steroid dienone is 2. The Bertz CT molecular complexity index is 1690. The highest BCUT2D eigenvalue weighted by Gasteiger charge is 2.65. The molecule has 0 radical (unpaired) electrons. The highest BCUT2D eigenvalue weighted by atomic mass is 19.4. The fourth-order valence-electron chi connectivity index (χ4n) is 11.2. The van der Waals surface area contributed by atoms with E-state index in [-0.39, 0.29) is 60.0 Å². The number of piperidine rings is 1. The first-order valence-corrected chi connectivity index (χ1v) is 19.4. The molecule has 1 spiro atoms. The molecule has 0 aromatic heterocycles. The average molecular weight is 740 g/mol. The van der Waals surface area contributed by atoms with E-state index in [1.165, 1.54) is 0 Å². The lowest BCUT2D eigenvalue weighted by atomic mass is 9.56. The molecule has 7 rings (SSSR count). The number of nitrogens with zero attached hydrogens (tertiary/aromatic N) is 1. The first kappa shape index (κ1) is 37.6. The van der Waals surface area contributed by atoms with Crippen LogP contribution in [0.5, 0.6) is 0 Å². The summed E-state index contributed by atoms with van der Waals surface area (Å²) in [4.78, 5) is 53.2. The third-order valence-electron chi connectivity index (χ3n) is 13.7. The van der Waals surface area contributed by atoms with Gasteiger partial charge in [0, 0.05) is 49.9 Å². The summed E-state index contributed by atoms with van der Waals surface area (Å²) in [5.41, 5.74) is 2.59. The van der Waals surface area contributed by atoms with Crippen LogP contribution in [0.1, 0.15) is 84.6 Å². The zero-order valence-electron chi connectivity index (χ0n) is 31.1. The first-order valence-electron chi connectivity index (χ1n) is 19.4. The molecule has 2 saturated carbocycles. The molecule has 0 bridgehead atoms. The molecule has 10 atom stereocenters. The molecule has 2 N–H and O–H groups in total. The minimum Gasteiger partial charge on any atom is -0.446 e. The quantitative estimate of drug-likeness (QED) is 0.245. The van der Waals surface area contributed by atoms with Gasteiger partial charge in [-0.25, -0.2) is 4.79 Å². The lowest BCUT2D eigenvalue weighted by Crippen LogP contribution is -2.57. The van der Waals surface area contributed by atoms with Crippen molar-refractivity contribution in [2.24, 2.45) is 35.0 Å². The van der Waals surface area contributed by atoms with Crippen LogP contribution in [0.2, 0.25) is 0 Å².